The molecule has 2 amide bonds. The second kappa shape index (κ2) is 7.43. The van der Waals surface area contributed by atoms with Crippen LogP contribution < -0.4 is 5.32 Å². The van der Waals surface area contributed by atoms with Gasteiger partial charge in [-0.1, -0.05) is 6.07 Å². The van der Waals surface area contributed by atoms with E-state index in [0.717, 1.165) is 38.8 Å². The molecule has 0 atom stereocenters. The largest absolute Gasteiger partial charge is 0.359 e. The van der Waals surface area contributed by atoms with Crippen LogP contribution in [0.3, 0.4) is 0 Å². The molecule has 2 heterocycles. The van der Waals surface area contributed by atoms with Gasteiger partial charge in [-0.15, -0.1) is 11.3 Å². The van der Waals surface area contributed by atoms with Crippen molar-refractivity contribution in [1.29, 1.82) is 0 Å². The first-order chi connectivity index (χ1) is 9.70. The Hall–Kier alpha value is -1.36. The predicted octanol–water partition coefficient (Wildman–Crippen LogP) is 2.06. The fourth-order valence-corrected chi connectivity index (χ4v) is 3.37. The van der Waals surface area contributed by atoms with Gasteiger partial charge in [0.15, 0.2) is 0 Å². The molecule has 1 aliphatic rings. The minimum Gasteiger partial charge on any atom is -0.359 e. The highest BCUT2D eigenvalue weighted by Crippen LogP contribution is 2.19. The minimum atomic E-state index is 0.0789. The number of hydrogen-bond donors (Lipinski definition) is 1. The Labute approximate surface area is 124 Å². The van der Waals surface area contributed by atoms with Gasteiger partial charge in [-0.2, -0.15) is 0 Å². The molecule has 0 bridgehead atoms. The summed E-state index contributed by atoms with van der Waals surface area (Å²) < 4.78 is 0. The van der Waals surface area contributed by atoms with Crippen LogP contribution in [0.4, 0.5) is 0 Å². The molecular weight excluding hydrogens is 272 g/mol. The lowest BCUT2D eigenvalue weighted by Crippen LogP contribution is -2.42. The van der Waals surface area contributed by atoms with Crippen molar-refractivity contribution in [2.45, 2.75) is 32.1 Å². The Balaban J connectivity index is 1.68. The first kappa shape index (κ1) is 15.0. The Kier molecular flexibility index (Phi) is 5.59. The first-order valence-corrected chi connectivity index (χ1v) is 8.10. The number of rotatable bonds is 5. The number of hydrogen-bond acceptors (Lipinski definition) is 3. The molecule has 0 radical (unpaired) electrons. The standard InChI is InChI=1S/C15H22N2O2S/c1-16-15(19)12-7-9-17(10-8-12)14(18)6-2-4-13-5-3-11-20-13/h3,5,11-12H,2,4,6-10H2,1H3,(H,16,19). The molecule has 4 nitrogen and oxygen atoms in total. The summed E-state index contributed by atoms with van der Waals surface area (Å²) >= 11 is 1.75. The number of nitrogens with zero attached hydrogens (tertiary/aromatic N) is 1. The van der Waals surface area contributed by atoms with E-state index in [1.807, 2.05) is 11.0 Å². The van der Waals surface area contributed by atoms with Gasteiger partial charge in [0.25, 0.3) is 0 Å². The smallest absolute Gasteiger partial charge is 0.222 e. The van der Waals surface area contributed by atoms with Crippen LogP contribution in [-0.4, -0.2) is 36.9 Å². The van der Waals surface area contributed by atoms with E-state index in [1.165, 1.54) is 4.88 Å². The molecule has 1 aromatic heterocycles. The molecule has 0 spiro atoms. The third kappa shape index (κ3) is 4.07. The summed E-state index contributed by atoms with van der Waals surface area (Å²) in [5.74, 6) is 0.418. The normalized spacial score (nSPS) is 16.1. The lowest BCUT2D eigenvalue weighted by atomic mass is 9.95. The van der Waals surface area contributed by atoms with Gasteiger partial charge < -0.3 is 10.2 Å². The van der Waals surface area contributed by atoms with Crippen molar-refractivity contribution in [2.75, 3.05) is 20.1 Å². The molecule has 0 aromatic carbocycles. The van der Waals surface area contributed by atoms with E-state index in [-0.39, 0.29) is 17.7 Å². The van der Waals surface area contributed by atoms with Crippen molar-refractivity contribution in [3.05, 3.63) is 22.4 Å². The van der Waals surface area contributed by atoms with Crippen LogP contribution in [0.5, 0.6) is 0 Å². The van der Waals surface area contributed by atoms with Crippen molar-refractivity contribution in [3.8, 4) is 0 Å². The van der Waals surface area contributed by atoms with E-state index in [9.17, 15) is 9.59 Å². The predicted molar refractivity (Wildman–Crippen MR) is 80.6 cm³/mol. The van der Waals surface area contributed by atoms with E-state index in [0.29, 0.717) is 6.42 Å². The SMILES string of the molecule is CNC(=O)C1CCN(C(=O)CCCc2cccs2)CC1. The fraction of sp³-hybridized carbons (Fsp3) is 0.600. The van der Waals surface area contributed by atoms with E-state index in [2.05, 4.69) is 16.8 Å². The topological polar surface area (TPSA) is 49.4 Å². The summed E-state index contributed by atoms with van der Waals surface area (Å²) in [6.45, 7) is 1.44. The fourth-order valence-electron chi connectivity index (χ4n) is 2.62. The number of piperidine rings is 1. The van der Waals surface area contributed by atoms with Crippen LogP contribution in [0.2, 0.25) is 0 Å². The molecule has 0 aliphatic carbocycles. The zero-order valence-electron chi connectivity index (χ0n) is 11.9. The maximum absolute atomic E-state index is 12.1. The second-order valence-electron chi connectivity index (χ2n) is 5.20. The van der Waals surface area contributed by atoms with Gasteiger partial charge in [0, 0.05) is 37.4 Å². The molecule has 5 heteroatoms. The van der Waals surface area contributed by atoms with Gasteiger partial charge in [0.2, 0.25) is 11.8 Å². The minimum absolute atomic E-state index is 0.0789. The zero-order valence-corrected chi connectivity index (χ0v) is 12.7. The molecule has 0 saturated carbocycles. The number of thiophene rings is 1. The van der Waals surface area contributed by atoms with Crippen molar-refractivity contribution in [1.82, 2.24) is 10.2 Å². The number of likely N-dealkylation sites (tertiary alicyclic amines) is 1. The summed E-state index contributed by atoms with van der Waals surface area (Å²) in [6, 6.07) is 4.16. The number of aryl methyl sites for hydroxylation is 1. The number of carbonyl (C=O) groups is 2. The maximum Gasteiger partial charge on any atom is 0.222 e. The quantitative estimate of drug-likeness (QED) is 0.903. The summed E-state index contributed by atoms with van der Waals surface area (Å²) in [7, 11) is 1.67. The van der Waals surface area contributed by atoms with Gasteiger partial charge >= 0.3 is 0 Å². The highest BCUT2D eigenvalue weighted by molar-refractivity contribution is 7.09. The second-order valence-corrected chi connectivity index (χ2v) is 6.23. The lowest BCUT2D eigenvalue weighted by Gasteiger charge is -2.31. The molecule has 20 heavy (non-hydrogen) atoms. The number of nitrogens with one attached hydrogen (secondary N) is 1. The molecule has 2 rings (SSSR count). The maximum atomic E-state index is 12.1. The summed E-state index contributed by atoms with van der Waals surface area (Å²) in [6.07, 6.45) is 4.09. The molecule has 1 N–H and O–H groups in total. The number of carbonyl (C=O) groups excluding carboxylic acids is 2. The van der Waals surface area contributed by atoms with Gasteiger partial charge in [-0.25, -0.2) is 0 Å². The Morgan fingerprint density at radius 3 is 2.75 bits per heavy atom. The third-order valence-corrected chi connectivity index (χ3v) is 4.79. The Bertz CT molecular complexity index is 437. The van der Waals surface area contributed by atoms with Crippen molar-refractivity contribution in [3.63, 3.8) is 0 Å². The zero-order chi connectivity index (χ0) is 14.4. The average Bonchev–Trinajstić information content (AvgIpc) is 2.99. The molecule has 1 fully saturated rings. The van der Waals surface area contributed by atoms with Crippen LogP contribution in [-0.2, 0) is 16.0 Å². The van der Waals surface area contributed by atoms with Crippen LogP contribution in [0.1, 0.15) is 30.6 Å². The van der Waals surface area contributed by atoms with Gasteiger partial charge in [-0.05, 0) is 37.1 Å². The monoisotopic (exact) mass is 294 g/mol. The van der Waals surface area contributed by atoms with E-state index in [4.69, 9.17) is 0 Å². The lowest BCUT2D eigenvalue weighted by molar-refractivity contribution is -0.135. The summed E-state index contributed by atoms with van der Waals surface area (Å²) in [5.41, 5.74) is 0. The molecule has 110 valence electrons. The van der Waals surface area contributed by atoms with Crippen LogP contribution in [0.25, 0.3) is 0 Å². The van der Waals surface area contributed by atoms with Crippen LogP contribution >= 0.6 is 11.3 Å². The van der Waals surface area contributed by atoms with Crippen LogP contribution in [0.15, 0.2) is 17.5 Å². The van der Waals surface area contributed by atoms with Crippen LogP contribution in [0, 0.1) is 5.92 Å². The highest BCUT2D eigenvalue weighted by Gasteiger charge is 2.26. The van der Waals surface area contributed by atoms with Crippen molar-refractivity contribution in [2.24, 2.45) is 5.92 Å². The van der Waals surface area contributed by atoms with E-state index in [1.54, 1.807) is 18.4 Å². The Morgan fingerprint density at radius 2 is 2.15 bits per heavy atom. The molecular formula is C15H22N2O2S. The van der Waals surface area contributed by atoms with Crippen molar-refractivity contribution < 1.29 is 9.59 Å². The highest BCUT2D eigenvalue weighted by atomic mass is 32.1. The third-order valence-electron chi connectivity index (χ3n) is 3.86. The average molecular weight is 294 g/mol. The number of amides is 2. The summed E-state index contributed by atoms with van der Waals surface area (Å²) in [5, 5.41) is 4.76. The van der Waals surface area contributed by atoms with E-state index >= 15 is 0 Å². The Morgan fingerprint density at radius 1 is 1.40 bits per heavy atom. The molecule has 1 aliphatic heterocycles. The van der Waals surface area contributed by atoms with E-state index < -0.39 is 0 Å². The van der Waals surface area contributed by atoms with Crippen molar-refractivity contribution >= 4 is 23.2 Å². The van der Waals surface area contributed by atoms with Gasteiger partial charge in [-0.3, -0.25) is 9.59 Å². The molecule has 1 saturated heterocycles. The van der Waals surface area contributed by atoms with Gasteiger partial charge in [0.05, 0.1) is 0 Å². The van der Waals surface area contributed by atoms with Gasteiger partial charge in [0.1, 0.15) is 0 Å². The molecule has 1 aromatic rings. The first-order valence-electron chi connectivity index (χ1n) is 7.22. The molecule has 0 unspecified atom stereocenters. The summed E-state index contributed by atoms with van der Waals surface area (Å²) in [4.78, 5) is 26.9.